The largest absolute Gasteiger partial charge is 0.508 e. The molecule has 1 unspecified atom stereocenters. The highest BCUT2D eigenvalue weighted by Gasteiger charge is 2.27. The van der Waals surface area contributed by atoms with E-state index < -0.39 is 23.4 Å². The molecule has 0 aromatic heterocycles. The number of phenols is 1. The summed E-state index contributed by atoms with van der Waals surface area (Å²) in [4.78, 5) is 26.7. The monoisotopic (exact) mass is 453 g/mol. The van der Waals surface area contributed by atoms with Gasteiger partial charge in [-0.3, -0.25) is 9.59 Å². The molecule has 0 fully saturated rings. The van der Waals surface area contributed by atoms with Crippen LogP contribution < -0.4 is 0 Å². The lowest BCUT2D eigenvalue weighted by atomic mass is 9.79. The highest BCUT2D eigenvalue weighted by Crippen LogP contribution is 2.30. The van der Waals surface area contributed by atoms with Gasteiger partial charge in [-0.2, -0.15) is 0 Å². The van der Waals surface area contributed by atoms with Gasteiger partial charge < -0.3 is 10.0 Å². The molecule has 0 spiro atoms. The second-order valence-corrected chi connectivity index (χ2v) is 8.36. The lowest BCUT2D eigenvalue weighted by Crippen LogP contribution is -2.27. The third kappa shape index (κ3) is 4.77. The molecule has 1 N–H and O–H groups in total. The number of aromatic hydroxyl groups is 1. The van der Waals surface area contributed by atoms with Gasteiger partial charge >= 0.3 is 0 Å². The topological polar surface area (TPSA) is 57.6 Å². The van der Waals surface area contributed by atoms with Gasteiger partial charge in [0.05, 0.1) is 0 Å². The second kappa shape index (κ2) is 9.10. The summed E-state index contributed by atoms with van der Waals surface area (Å²) < 4.78 is 40.4. The molecule has 0 saturated carbocycles. The molecule has 0 radical (unpaired) electrons. The zero-order valence-corrected chi connectivity index (χ0v) is 17.9. The fraction of sp³-hybridized carbons (Fsp3) is 0.231. The number of amides is 1. The molecule has 7 heteroatoms. The van der Waals surface area contributed by atoms with Gasteiger partial charge in [0.25, 0.3) is 5.91 Å². The zero-order valence-electron chi connectivity index (χ0n) is 17.9. The van der Waals surface area contributed by atoms with Gasteiger partial charge in [0.2, 0.25) is 0 Å². The van der Waals surface area contributed by atoms with E-state index in [1.54, 1.807) is 36.4 Å². The van der Waals surface area contributed by atoms with Crippen LogP contribution in [0.1, 0.15) is 43.8 Å². The van der Waals surface area contributed by atoms with Crippen molar-refractivity contribution in [3.63, 3.8) is 0 Å². The predicted octanol–water partition coefficient (Wildman–Crippen LogP) is 5.07. The molecule has 1 amide bonds. The SMILES string of the molecule is CN(Cc1cc(F)c(F)cc1F)C(=O)c1ccc(CC2CCc3cc(O)ccc3C2=O)cc1. The summed E-state index contributed by atoms with van der Waals surface area (Å²) in [5.41, 5.74) is 2.65. The molecule has 4 nitrogen and oxygen atoms in total. The second-order valence-electron chi connectivity index (χ2n) is 8.36. The number of halogens is 3. The molecular weight excluding hydrogens is 431 g/mol. The molecule has 4 rings (SSSR count). The Hall–Kier alpha value is -3.61. The molecule has 170 valence electrons. The minimum absolute atomic E-state index is 0.0460. The highest BCUT2D eigenvalue weighted by atomic mass is 19.2. The summed E-state index contributed by atoms with van der Waals surface area (Å²) >= 11 is 0. The highest BCUT2D eigenvalue weighted by molar-refractivity contribution is 6.00. The van der Waals surface area contributed by atoms with Gasteiger partial charge in [-0.15, -0.1) is 0 Å². The quantitative estimate of drug-likeness (QED) is 0.549. The maximum absolute atomic E-state index is 13.9. The van der Waals surface area contributed by atoms with Crippen molar-refractivity contribution in [1.82, 2.24) is 4.90 Å². The van der Waals surface area contributed by atoms with Gasteiger partial charge in [0.15, 0.2) is 17.4 Å². The van der Waals surface area contributed by atoms with Crippen molar-refractivity contribution in [2.75, 3.05) is 7.05 Å². The Balaban J connectivity index is 1.42. The van der Waals surface area contributed by atoms with Crippen molar-refractivity contribution < 1.29 is 27.9 Å². The van der Waals surface area contributed by atoms with E-state index in [0.29, 0.717) is 36.5 Å². The van der Waals surface area contributed by atoms with Crippen LogP contribution in [0.15, 0.2) is 54.6 Å². The fourth-order valence-corrected chi connectivity index (χ4v) is 4.20. The number of nitrogens with zero attached hydrogens (tertiary/aromatic N) is 1. The van der Waals surface area contributed by atoms with Gasteiger partial charge in [0, 0.05) is 42.3 Å². The van der Waals surface area contributed by atoms with Crippen LogP contribution in [0.3, 0.4) is 0 Å². The molecule has 0 bridgehead atoms. The molecule has 33 heavy (non-hydrogen) atoms. The molecule has 0 heterocycles. The summed E-state index contributed by atoms with van der Waals surface area (Å²) in [5.74, 6) is -3.75. The van der Waals surface area contributed by atoms with Crippen LogP contribution in [0, 0.1) is 23.4 Å². The van der Waals surface area contributed by atoms with Gasteiger partial charge in [0.1, 0.15) is 11.6 Å². The van der Waals surface area contributed by atoms with Crippen LogP contribution in [0.4, 0.5) is 13.2 Å². The lowest BCUT2D eigenvalue weighted by Gasteiger charge is -2.23. The fourth-order valence-electron chi connectivity index (χ4n) is 4.20. The van der Waals surface area contributed by atoms with E-state index >= 15 is 0 Å². The smallest absolute Gasteiger partial charge is 0.253 e. The lowest BCUT2D eigenvalue weighted by molar-refractivity contribution is 0.0783. The Kier molecular flexibility index (Phi) is 6.22. The summed E-state index contributed by atoms with van der Waals surface area (Å²) in [7, 11) is 1.45. The molecule has 1 atom stereocenters. The van der Waals surface area contributed by atoms with Gasteiger partial charge in [-0.1, -0.05) is 12.1 Å². The number of ketones is 1. The normalized spacial score (nSPS) is 15.3. The van der Waals surface area contributed by atoms with Crippen molar-refractivity contribution in [2.45, 2.75) is 25.8 Å². The molecular formula is C26H22F3NO3. The third-order valence-electron chi connectivity index (χ3n) is 6.01. The molecule has 1 aliphatic carbocycles. The number of carbonyl (C=O) groups is 2. The maximum atomic E-state index is 13.9. The predicted molar refractivity (Wildman–Crippen MR) is 117 cm³/mol. The Morgan fingerprint density at radius 3 is 2.42 bits per heavy atom. The van der Waals surface area contributed by atoms with Crippen LogP contribution >= 0.6 is 0 Å². The Bertz CT molecular complexity index is 1220. The maximum Gasteiger partial charge on any atom is 0.253 e. The van der Waals surface area contributed by atoms with Crippen molar-refractivity contribution in [3.8, 4) is 5.75 Å². The van der Waals surface area contributed by atoms with Crippen molar-refractivity contribution in [2.24, 2.45) is 5.92 Å². The molecule has 3 aromatic rings. The average Bonchev–Trinajstić information content (AvgIpc) is 2.79. The van der Waals surface area contributed by atoms with Crippen molar-refractivity contribution in [1.29, 1.82) is 0 Å². The summed E-state index contributed by atoms with van der Waals surface area (Å²) in [5, 5.41) is 9.61. The number of carbonyl (C=O) groups excluding carboxylic acids is 2. The summed E-state index contributed by atoms with van der Waals surface area (Å²) in [6.07, 6.45) is 1.92. The molecule has 0 aliphatic heterocycles. The molecule has 0 saturated heterocycles. The number of hydrogen-bond acceptors (Lipinski definition) is 3. The number of benzene rings is 3. The van der Waals surface area contributed by atoms with Gasteiger partial charge in [-0.25, -0.2) is 13.2 Å². The average molecular weight is 453 g/mol. The van der Waals surface area contributed by atoms with Crippen molar-refractivity contribution >= 4 is 11.7 Å². The van der Waals surface area contributed by atoms with E-state index in [1.165, 1.54) is 18.0 Å². The van der Waals surface area contributed by atoms with Crippen LogP contribution in [0.25, 0.3) is 0 Å². The number of Topliss-reactive ketones (excluding diaryl/α,β-unsaturated/α-hetero) is 1. The first-order chi connectivity index (χ1) is 15.7. The van der Waals surface area contributed by atoms with E-state index in [2.05, 4.69) is 0 Å². The first-order valence-corrected chi connectivity index (χ1v) is 10.6. The number of rotatable bonds is 5. The minimum Gasteiger partial charge on any atom is -0.508 e. The summed E-state index contributed by atoms with van der Waals surface area (Å²) in [6.45, 7) is -0.213. The first-order valence-electron chi connectivity index (χ1n) is 10.6. The van der Waals surface area contributed by atoms with E-state index in [1.807, 2.05) is 0 Å². The third-order valence-corrected chi connectivity index (χ3v) is 6.01. The standard InChI is InChI=1S/C26H22F3NO3/c1-30(14-19-12-23(28)24(29)13-22(19)27)26(33)16-4-2-15(3-5-16)10-18-7-6-17-11-20(31)8-9-21(17)25(18)32/h2-5,8-9,11-13,18,31H,6-7,10,14H2,1H3. The van der Waals surface area contributed by atoms with E-state index in [9.17, 15) is 27.9 Å². The summed E-state index contributed by atoms with van der Waals surface area (Å²) in [6, 6.07) is 12.8. The van der Waals surface area contributed by atoms with E-state index in [-0.39, 0.29) is 29.6 Å². The van der Waals surface area contributed by atoms with Crippen LogP contribution in [0.5, 0.6) is 5.75 Å². The van der Waals surface area contributed by atoms with Crippen LogP contribution in [-0.2, 0) is 19.4 Å². The Morgan fingerprint density at radius 2 is 1.70 bits per heavy atom. The van der Waals surface area contributed by atoms with E-state index in [4.69, 9.17) is 0 Å². The number of fused-ring (bicyclic) bond motifs is 1. The van der Waals surface area contributed by atoms with Gasteiger partial charge in [-0.05, 0) is 66.8 Å². The Morgan fingerprint density at radius 1 is 1.00 bits per heavy atom. The van der Waals surface area contributed by atoms with Crippen molar-refractivity contribution in [3.05, 3.63) is 99.9 Å². The minimum atomic E-state index is -1.28. The molecule has 3 aromatic carbocycles. The number of aryl methyl sites for hydroxylation is 1. The molecule has 1 aliphatic rings. The zero-order chi connectivity index (χ0) is 23.7. The number of phenolic OH excluding ortho intramolecular Hbond substituents is 1. The number of hydrogen-bond donors (Lipinski definition) is 1. The Labute approximate surface area is 189 Å². The van der Waals surface area contributed by atoms with E-state index in [0.717, 1.165) is 17.2 Å². The van der Waals surface area contributed by atoms with Crippen LogP contribution in [-0.4, -0.2) is 28.7 Å². The first kappa shape index (κ1) is 22.6. The van der Waals surface area contributed by atoms with Crippen LogP contribution in [0.2, 0.25) is 0 Å².